The van der Waals surface area contributed by atoms with Crippen LogP contribution in [-0.2, 0) is 23.1 Å². The van der Waals surface area contributed by atoms with Crippen LogP contribution in [0.2, 0.25) is 0 Å². The molecule has 1 aliphatic heterocycles. The number of aromatic nitrogens is 4. The van der Waals surface area contributed by atoms with Gasteiger partial charge in [-0.3, -0.25) is 24.4 Å². The van der Waals surface area contributed by atoms with Gasteiger partial charge >= 0.3 is 6.03 Å². The maximum absolute atomic E-state index is 13.6. The highest BCUT2D eigenvalue weighted by Crippen LogP contribution is 2.33. The van der Waals surface area contributed by atoms with Crippen LogP contribution in [0, 0.1) is 12.8 Å². The third kappa shape index (κ3) is 4.77. The van der Waals surface area contributed by atoms with Gasteiger partial charge in [0.1, 0.15) is 11.9 Å². The van der Waals surface area contributed by atoms with E-state index in [1.54, 1.807) is 55.6 Å². The highest BCUT2D eigenvalue weighted by atomic mass is 16.2. The van der Waals surface area contributed by atoms with Crippen molar-refractivity contribution in [3.8, 4) is 0 Å². The molecule has 0 radical (unpaired) electrons. The molecule has 1 saturated heterocycles. The summed E-state index contributed by atoms with van der Waals surface area (Å²) in [6, 6.07) is 5.19. The number of nitrogens with two attached hydrogens (primary N) is 1. The zero-order valence-corrected chi connectivity index (χ0v) is 20.8. The number of β-lactam (4-membered cyclic amide) rings is 1. The van der Waals surface area contributed by atoms with E-state index in [2.05, 4.69) is 20.3 Å². The molecule has 11 nitrogen and oxygen atoms in total. The number of hydrogen-bond donors (Lipinski definition) is 2. The fraction of sp³-hybridized carbons (Fsp3) is 0.360. The van der Waals surface area contributed by atoms with Gasteiger partial charge in [-0.05, 0) is 49.1 Å². The second-order valence-corrected chi connectivity index (χ2v) is 8.93. The number of anilines is 2. The highest BCUT2D eigenvalue weighted by molar-refractivity contribution is 6.12. The molecule has 11 heteroatoms. The molecule has 1 aliphatic rings. The van der Waals surface area contributed by atoms with Gasteiger partial charge in [0.15, 0.2) is 0 Å². The van der Waals surface area contributed by atoms with Crippen molar-refractivity contribution >= 4 is 29.6 Å². The van der Waals surface area contributed by atoms with Crippen LogP contribution in [0.25, 0.3) is 0 Å². The number of carbonyl (C=O) groups is 3. The zero-order chi connectivity index (χ0) is 26.0. The first-order valence-corrected chi connectivity index (χ1v) is 11.7. The lowest BCUT2D eigenvalue weighted by atomic mass is 9.81. The van der Waals surface area contributed by atoms with E-state index in [1.165, 1.54) is 4.90 Å². The van der Waals surface area contributed by atoms with E-state index in [4.69, 9.17) is 5.73 Å². The third-order valence-electron chi connectivity index (χ3n) is 6.46. The van der Waals surface area contributed by atoms with Crippen molar-refractivity contribution in [2.24, 2.45) is 13.0 Å². The lowest BCUT2D eigenvalue weighted by Crippen LogP contribution is -2.70. The summed E-state index contributed by atoms with van der Waals surface area (Å²) in [5.74, 6) is -0.834. The Labute approximate surface area is 209 Å². The average Bonchev–Trinajstić information content (AvgIpc) is 3.29. The number of amides is 4. The van der Waals surface area contributed by atoms with Crippen LogP contribution in [0.5, 0.6) is 0 Å². The van der Waals surface area contributed by atoms with Crippen molar-refractivity contribution in [2.75, 3.05) is 17.7 Å². The Morgan fingerprint density at radius 1 is 1.19 bits per heavy atom. The van der Waals surface area contributed by atoms with Gasteiger partial charge in [-0.15, -0.1) is 0 Å². The van der Waals surface area contributed by atoms with Crippen molar-refractivity contribution in [1.29, 1.82) is 0 Å². The molecule has 188 valence electrons. The summed E-state index contributed by atoms with van der Waals surface area (Å²) in [5, 5.41) is 2.90. The SMILES string of the molecule is CC[C@@H](NC(=O)N1C(=O)[C@H](Cc2ccnc(N)c2)[C@H]1C(=O)N(C)c1nccn1C)c1ccc(C)nc1. The highest BCUT2D eigenvalue weighted by Gasteiger charge is 2.55. The van der Waals surface area contributed by atoms with Crippen LogP contribution < -0.4 is 16.0 Å². The van der Waals surface area contributed by atoms with Crippen LogP contribution in [-0.4, -0.2) is 55.4 Å². The van der Waals surface area contributed by atoms with Gasteiger partial charge in [-0.25, -0.2) is 14.8 Å². The lowest BCUT2D eigenvalue weighted by Gasteiger charge is -2.45. The maximum Gasteiger partial charge on any atom is 0.325 e. The third-order valence-corrected chi connectivity index (χ3v) is 6.46. The molecule has 0 aromatic carbocycles. The van der Waals surface area contributed by atoms with Crippen LogP contribution in [0.1, 0.15) is 36.2 Å². The predicted molar refractivity (Wildman–Crippen MR) is 134 cm³/mol. The molecular formula is C25H30N8O3. The summed E-state index contributed by atoms with van der Waals surface area (Å²) >= 11 is 0. The number of nitrogens with zero attached hydrogens (tertiary/aromatic N) is 6. The first kappa shape index (κ1) is 24.8. The first-order chi connectivity index (χ1) is 17.2. The summed E-state index contributed by atoms with van der Waals surface area (Å²) in [6.07, 6.45) is 7.39. The Hall–Kier alpha value is -4.28. The normalized spacial score (nSPS) is 17.9. The van der Waals surface area contributed by atoms with Gasteiger partial charge in [0.25, 0.3) is 5.91 Å². The largest absolute Gasteiger partial charge is 0.384 e. The Morgan fingerprint density at radius 2 is 1.97 bits per heavy atom. The zero-order valence-electron chi connectivity index (χ0n) is 20.8. The number of rotatable bonds is 7. The minimum Gasteiger partial charge on any atom is -0.384 e. The molecule has 0 saturated carbocycles. The van der Waals surface area contributed by atoms with Crippen molar-refractivity contribution in [3.05, 3.63) is 65.9 Å². The molecule has 1 fully saturated rings. The molecule has 4 heterocycles. The lowest BCUT2D eigenvalue weighted by molar-refractivity contribution is -0.156. The van der Waals surface area contributed by atoms with E-state index in [0.29, 0.717) is 18.2 Å². The van der Waals surface area contributed by atoms with Gasteiger partial charge in [0.2, 0.25) is 11.9 Å². The van der Waals surface area contributed by atoms with E-state index in [1.807, 2.05) is 26.0 Å². The fourth-order valence-electron chi connectivity index (χ4n) is 4.43. The minimum absolute atomic E-state index is 0.249. The molecule has 0 spiro atoms. The van der Waals surface area contributed by atoms with Gasteiger partial charge in [0, 0.05) is 44.6 Å². The fourth-order valence-corrected chi connectivity index (χ4v) is 4.43. The second-order valence-electron chi connectivity index (χ2n) is 8.93. The quantitative estimate of drug-likeness (QED) is 0.483. The molecule has 0 unspecified atom stereocenters. The first-order valence-electron chi connectivity index (χ1n) is 11.7. The predicted octanol–water partition coefficient (Wildman–Crippen LogP) is 1.99. The van der Waals surface area contributed by atoms with E-state index >= 15 is 0 Å². The van der Waals surface area contributed by atoms with E-state index in [0.717, 1.165) is 21.7 Å². The number of nitrogen functional groups attached to an aromatic ring is 1. The topological polar surface area (TPSA) is 139 Å². The number of aryl methyl sites for hydroxylation is 2. The number of imide groups is 1. The number of carbonyl (C=O) groups excluding carboxylic acids is 3. The summed E-state index contributed by atoms with van der Waals surface area (Å²) in [4.78, 5) is 55.1. The van der Waals surface area contributed by atoms with Gasteiger partial charge < -0.3 is 15.6 Å². The minimum atomic E-state index is -0.998. The summed E-state index contributed by atoms with van der Waals surface area (Å²) in [5.41, 5.74) is 8.24. The Morgan fingerprint density at radius 3 is 2.58 bits per heavy atom. The summed E-state index contributed by atoms with van der Waals surface area (Å²) < 4.78 is 1.69. The van der Waals surface area contributed by atoms with Crippen molar-refractivity contribution in [3.63, 3.8) is 0 Å². The van der Waals surface area contributed by atoms with E-state index in [9.17, 15) is 14.4 Å². The van der Waals surface area contributed by atoms with Crippen molar-refractivity contribution in [2.45, 2.75) is 38.8 Å². The molecule has 4 amide bonds. The monoisotopic (exact) mass is 490 g/mol. The van der Waals surface area contributed by atoms with Crippen LogP contribution in [0.3, 0.4) is 0 Å². The van der Waals surface area contributed by atoms with Crippen molar-refractivity contribution < 1.29 is 14.4 Å². The molecule has 3 N–H and O–H groups in total. The summed E-state index contributed by atoms with van der Waals surface area (Å²) in [7, 11) is 3.35. The molecular weight excluding hydrogens is 460 g/mol. The Kier molecular flexibility index (Phi) is 7.00. The van der Waals surface area contributed by atoms with Gasteiger partial charge in [-0.1, -0.05) is 13.0 Å². The molecule has 36 heavy (non-hydrogen) atoms. The number of hydrogen-bond acceptors (Lipinski definition) is 7. The van der Waals surface area contributed by atoms with Crippen molar-refractivity contribution in [1.82, 2.24) is 29.7 Å². The number of likely N-dealkylation sites (N-methyl/N-ethyl adjacent to an activating group) is 1. The van der Waals surface area contributed by atoms with Gasteiger partial charge in [-0.2, -0.15) is 0 Å². The number of imidazole rings is 1. The van der Waals surface area contributed by atoms with Crippen LogP contribution >= 0.6 is 0 Å². The van der Waals surface area contributed by atoms with Crippen LogP contribution in [0.15, 0.2) is 49.1 Å². The smallest absolute Gasteiger partial charge is 0.325 e. The molecule has 0 bridgehead atoms. The number of nitrogens with one attached hydrogen (secondary N) is 1. The summed E-state index contributed by atoms with van der Waals surface area (Å²) in [6.45, 7) is 3.81. The Balaban J connectivity index is 1.60. The standard InChI is InChI=1S/C25H30N8O3/c1-5-19(17-7-6-15(2)29-14-17)30-25(36)33-21(23(35)32(4)24-28-10-11-31(24)3)18(22(33)34)12-16-8-9-27-20(26)13-16/h6-11,13-14,18-19,21H,5,12H2,1-4H3,(H2,26,27)(H,30,36)/t18-,19-,21+/m1/s1. The average molecular weight is 491 g/mol. The molecule has 0 aliphatic carbocycles. The molecule has 3 aromatic rings. The van der Waals surface area contributed by atoms with Crippen LogP contribution in [0.4, 0.5) is 16.6 Å². The number of likely N-dealkylation sites (tertiary alicyclic amines) is 1. The van der Waals surface area contributed by atoms with E-state index < -0.39 is 29.8 Å². The van der Waals surface area contributed by atoms with Gasteiger partial charge in [0.05, 0.1) is 12.0 Å². The Bertz CT molecular complexity index is 1270. The second kappa shape index (κ2) is 10.1. The van der Waals surface area contributed by atoms with E-state index in [-0.39, 0.29) is 12.5 Å². The molecule has 4 rings (SSSR count). The molecule has 3 atom stereocenters. The molecule has 3 aromatic heterocycles. The maximum atomic E-state index is 13.6. The number of urea groups is 1. The number of pyridine rings is 2.